The Morgan fingerprint density at radius 3 is 0.987 bits per heavy atom. The zero-order chi connectivity index (χ0) is 54.3. The van der Waals surface area contributed by atoms with E-state index in [9.17, 15) is 19.8 Å². The van der Waals surface area contributed by atoms with Crippen LogP contribution in [-0.2, 0) is 14.3 Å². The van der Waals surface area contributed by atoms with Crippen molar-refractivity contribution >= 4 is 11.9 Å². The van der Waals surface area contributed by atoms with E-state index in [1.807, 2.05) is 0 Å². The van der Waals surface area contributed by atoms with Crippen LogP contribution < -0.4 is 5.32 Å². The van der Waals surface area contributed by atoms with Crippen molar-refractivity contribution in [3.05, 3.63) is 12.2 Å². The summed E-state index contributed by atoms with van der Waals surface area (Å²) in [4.78, 5) is 24.5. The molecule has 0 bridgehead atoms. The third kappa shape index (κ3) is 61.7. The second kappa shape index (κ2) is 65.1. The van der Waals surface area contributed by atoms with E-state index in [1.54, 1.807) is 0 Å². The molecule has 2 unspecified atom stereocenters. The Labute approximate surface area is 469 Å². The lowest BCUT2D eigenvalue weighted by Gasteiger charge is -2.22. The first-order chi connectivity index (χ1) is 37.0. The Hall–Kier alpha value is -1.40. The standard InChI is InChI=1S/C69H135NO5/c1-3-5-7-9-11-13-15-16-17-18-29-32-35-38-42-45-49-53-57-61-67(72)66(65-71)70-68(73)62-58-54-50-46-43-39-36-33-30-27-25-23-21-19-20-22-24-26-28-31-34-37-40-44-48-52-56-60-64-75-69(74)63-59-55-51-47-41-14-12-10-8-6-4-2/h10,12,66-67,71-72H,3-9,11,13-65H2,1-2H3,(H,70,73)/b12-10-. The molecule has 0 radical (unpaired) electrons. The molecule has 1 amide bonds. The molecule has 3 N–H and O–H groups in total. The minimum absolute atomic E-state index is 0.00848. The zero-order valence-corrected chi connectivity index (χ0v) is 51.1. The Kier molecular flexibility index (Phi) is 63.9. The van der Waals surface area contributed by atoms with Crippen LogP contribution in [0.2, 0.25) is 0 Å². The number of carbonyl (C=O) groups is 2. The molecular weight excluding hydrogens is 923 g/mol. The highest BCUT2D eigenvalue weighted by atomic mass is 16.5. The molecule has 0 rings (SSSR count). The van der Waals surface area contributed by atoms with E-state index >= 15 is 0 Å². The van der Waals surface area contributed by atoms with Crippen LogP contribution >= 0.6 is 0 Å². The van der Waals surface area contributed by atoms with Gasteiger partial charge in [-0.3, -0.25) is 9.59 Å². The highest BCUT2D eigenvalue weighted by Crippen LogP contribution is 2.19. The van der Waals surface area contributed by atoms with E-state index in [0.717, 1.165) is 44.9 Å². The van der Waals surface area contributed by atoms with Crippen LogP contribution in [0.25, 0.3) is 0 Å². The van der Waals surface area contributed by atoms with Crippen molar-refractivity contribution in [2.45, 2.75) is 405 Å². The molecule has 2 atom stereocenters. The van der Waals surface area contributed by atoms with Crippen LogP contribution in [0.3, 0.4) is 0 Å². The van der Waals surface area contributed by atoms with Crippen molar-refractivity contribution in [3.63, 3.8) is 0 Å². The van der Waals surface area contributed by atoms with Crippen molar-refractivity contribution in [2.24, 2.45) is 0 Å². The van der Waals surface area contributed by atoms with Crippen LogP contribution in [0.5, 0.6) is 0 Å². The molecule has 0 aromatic rings. The summed E-state index contributed by atoms with van der Waals surface area (Å²) in [5.74, 6) is -0.0190. The first-order valence-electron chi connectivity index (χ1n) is 34.4. The SMILES string of the molecule is CCCC/C=C\CCCCCCCC(=O)OCCCCCCCCCCCCCCCCCCCCCCCCCCCCCCC(=O)NC(CO)C(O)CCCCCCCCCCCCCCCCCCCCC. The summed E-state index contributed by atoms with van der Waals surface area (Å²) in [6.07, 6.45) is 79.7. The van der Waals surface area contributed by atoms with E-state index in [0.29, 0.717) is 25.9 Å². The molecule has 0 saturated heterocycles. The van der Waals surface area contributed by atoms with Crippen LogP contribution in [0.1, 0.15) is 393 Å². The summed E-state index contributed by atoms with van der Waals surface area (Å²) in [7, 11) is 0. The minimum Gasteiger partial charge on any atom is -0.466 e. The fraction of sp³-hybridized carbons (Fsp3) is 0.942. The van der Waals surface area contributed by atoms with Gasteiger partial charge in [-0.15, -0.1) is 0 Å². The minimum atomic E-state index is -0.662. The van der Waals surface area contributed by atoms with E-state index in [4.69, 9.17) is 4.74 Å². The Morgan fingerprint density at radius 1 is 0.360 bits per heavy atom. The number of aliphatic hydroxyl groups excluding tert-OH is 2. The van der Waals surface area contributed by atoms with Crippen LogP contribution in [0, 0.1) is 0 Å². The maximum Gasteiger partial charge on any atom is 0.305 e. The van der Waals surface area contributed by atoms with Gasteiger partial charge in [-0.1, -0.05) is 347 Å². The van der Waals surface area contributed by atoms with Crippen molar-refractivity contribution in [1.29, 1.82) is 0 Å². The molecule has 0 aromatic carbocycles. The molecule has 0 aliphatic heterocycles. The highest BCUT2D eigenvalue weighted by molar-refractivity contribution is 5.76. The number of rotatable bonds is 65. The third-order valence-electron chi connectivity index (χ3n) is 16.3. The predicted molar refractivity (Wildman–Crippen MR) is 329 cm³/mol. The summed E-state index contributed by atoms with van der Waals surface area (Å²) in [5, 5.41) is 23.4. The monoisotopic (exact) mass is 1060 g/mol. The maximum absolute atomic E-state index is 12.5. The molecular formula is C69H135NO5. The molecule has 0 aromatic heterocycles. The molecule has 0 fully saturated rings. The van der Waals surface area contributed by atoms with Gasteiger partial charge in [0.05, 0.1) is 25.4 Å². The summed E-state index contributed by atoms with van der Waals surface area (Å²) >= 11 is 0. The molecule has 0 heterocycles. The van der Waals surface area contributed by atoms with Crippen LogP contribution in [-0.4, -0.2) is 47.4 Å². The van der Waals surface area contributed by atoms with E-state index in [1.165, 1.54) is 315 Å². The molecule has 0 aliphatic carbocycles. The number of ether oxygens (including phenoxy) is 1. The van der Waals surface area contributed by atoms with Gasteiger partial charge in [-0.05, 0) is 44.9 Å². The van der Waals surface area contributed by atoms with E-state index in [-0.39, 0.29) is 18.5 Å². The number of hydrogen-bond acceptors (Lipinski definition) is 5. The normalized spacial score (nSPS) is 12.5. The molecule has 446 valence electrons. The van der Waals surface area contributed by atoms with E-state index in [2.05, 4.69) is 31.3 Å². The molecule has 0 aliphatic rings. The molecule has 75 heavy (non-hydrogen) atoms. The highest BCUT2D eigenvalue weighted by Gasteiger charge is 2.20. The fourth-order valence-electron chi connectivity index (χ4n) is 11.0. The number of amides is 1. The number of hydrogen-bond donors (Lipinski definition) is 3. The fourth-order valence-corrected chi connectivity index (χ4v) is 11.0. The lowest BCUT2D eigenvalue weighted by atomic mass is 10.0. The lowest BCUT2D eigenvalue weighted by Crippen LogP contribution is -2.45. The smallest absolute Gasteiger partial charge is 0.305 e. The third-order valence-corrected chi connectivity index (χ3v) is 16.3. The summed E-state index contributed by atoms with van der Waals surface area (Å²) in [5.41, 5.74) is 0. The summed E-state index contributed by atoms with van der Waals surface area (Å²) in [6, 6.07) is -0.539. The first kappa shape index (κ1) is 73.6. The second-order valence-corrected chi connectivity index (χ2v) is 23.9. The second-order valence-electron chi connectivity index (χ2n) is 23.9. The Morgan fingerprint density at radius 2 is 0.640 bits per heavy atom. The van der Waals surface area contributed by atoms with Gasteiger partial charge in [0.2, 0.25) is 5.91 Å². The number of carbonyl (C=O) groups excluding carboxylic acids is 2. The quantitative estimate of drug-likeness (QED) is 0.0320. The number of allylic oxidation sites excluding steroid dienone is 2. The zero-order valence-electron chi connectivity index (χ0n) is 51.1. The van der Waals surface area contributed by atoms with Crippen molar-refractivity contribution in [1.82, 2.24) is 5.32 Å². The van der Waals surface area contributed by atoms with Gasteiger partial charge in [-0.2, -0.15) is 0 Å². The summed E-state index contributed by atoms with van der Waals surface area (Å²) < 4.78 is 5.47. The maximum atomic E-state index is 12.5. The molecule has 0 spiro atoms. The average molecular weight is 1060 g/mol. The van der Waals surface area contributed by atoms with Crippen LogP contribution in [0.15, 0.2) is 12.2 Å². The van der Waals surface area contributed by atoms with Crippen molar-refractivity contribution < 1.29 is 24.5 Å². The number of unbranched alkanes of at least 4 members (excludes halogenated alkanes) is 52. The average Bonchev–Trinajstić information content (AvgIpc) is 3.41. The van der Waals surface area contributed by atoms with Crippen molar-refractivity contribution in [3.8, 4) is 0 Å². The largest absolute Gasteiger partial charge is 0.466 e. The Bertz CT molecular complexity index is 1130. The Balaban J connectivity index is 3.34. The van der Waals surface area contributed by atoms with Gasteiger partial charge in [-0.25, -0.2) is 0 Å². The topological polar surface area (TPSA) is 95.9 Å². The molecule has 6 heteroatoms. The summed E-state index contributed by atoms with van der Waals surface area (Å²) in [6.45, 7) is 4.95. The van der Waals surface area contributed by atoms with Gasteiger partial charge in [0.25, 0.3) is 0 Å². The van der Waals surface area contributed by atoms with Crippen molar-refractivity contribution in [2.75, 3.05) is 13.2 Å². The first-order valence-corrected chi connectivity index (χ1v) is 34.4. The van der Waals surface area contributed by atoms with Gasteiger partial charge in [0.15, 0.2) is 0 Å². The molecule has 6 nitrogen and oxygen atoms in total. The van der Waals surface area contributed by atoms with Gasteiger partial charge < -0.3 is 20.3 Å². The number of nitrogens with one attached hydrogen (secondary N) is 1. The van der Waals surface area contributed by atoms with Gasteiger partial charge in [0, 0.05) is 12.8 Å². The van der Waals surface area contributed by atoms with Crippen LogP contribution in [0.4, 0.5) is 0 Å². The number of esters is 1. The lowest BCUT2D eigenvalue weighted by molar-refractivity contribution is -0.143. The molecule has 0 saturated carbocycles. The predicted octanol–water partition coefficient (Wildman–Crippen LogP) is 22.0. The number of aliphatic hydroxyl groups is 2. The van der Waals surface area contributed by atoms with E-state index < -0.39 is 12.1 Å². The van der Waals surface area contributed by atoms with Gasteiger partial charge in [0.1, 0.15) is 0 Å². The van der Waals surface area contributed by atoms with Gasteiger partial charge >= 0.3 is 5.97 Å².